The second kappa shape index (κ2) is 3.77. The summed E-state index contributed by atoms with van der Waals surface area (Å²) >= 11 is 0. The number of aromatic nitrogens is 1. The Morgan fingerprint density at radius 1 is 1.56 bits per heavy atom. The first-order chi connectivity index (χ1) is 7.55. The minimum absolute atomic E-state index is 0.520. The molecule has 1 saturated carbocycles. The molecule has 0 spiro atoms. The lowest BCUT2D eigenvalue weighted by atomic mass is 9.97. The Morgan fingerprint density at radius 2 is 2.25 bits per heavy atom. The molecule has 0 unspecified atom stereocenters. The monoisotopic (exact) mass is 220 g/mol. The lowest BCUT2D eigenvalue weighted by Gasteiger charge is -2.18. The van der Waals surface area contributed by atoms with Crippen molar-refractivity contribution in [2.75, 3.05) is 19.0 Å². The molecule has 1 aliphatic rings. The first kappa shape index (κ1) is 10.9. The normalized spacial score (nSPS) is 16.9. The van der Waals surface area contributed by atoms with Crippen molar-refractivity contribution in [1.82, 2.24) is 4.98 Å². The molecule has 0 aromatic carbocycles. The summed E-state index contributed by atoms with van der Waals surface area (Å²) in [5, 5.41) is 9.16. The third kappa shape index (κ3) is 1.87. The average molecular weight is 220 g/mol. The summed E-state index contributed by atoms with van der Waals surface area (Å²) in [5.74, 6) is 0.191. The number of carboxylic acids is 1. The van der Waals surface area contributed by atoms with Gasteiger partial charge in [0.15, 0.2) is 0 Å². The summed E-state index contributed by atoms with van der Waals surface area (Å²) in [6.45, 7) is 0. The summed E-state index contributed by atoms with van der Waals surface area (Å²) in [7, 11) is 3.85. The van der Waals surface area contributed by atoms with E-state index in [0.29, 0.717) is 6.42 Å². The number of rotatable bonds is 4. The fraction of sp³-hybridized carbons (Fsp3) is 0.500. The van der Waals surface area contributed by atoms with Gasteiger partial charge in [-0.15, -0.1) is 0 Å². The van der Waals surface area contributed by atoms with Crippen LogP contribution < -0.4 is 4.90 Å². The maximum Gasteiger partial charge on any atom is 0.309 e. The Balaban J connectivity index is 2.25. The van der Waals surface area contributed by atoms with Gasteiger partial charge in [0, 0.05) is 20.3 Å². The van der Waals surface area contributed by atoms with Gasteiger partial charge in [0.05, 0.1) is 5.41 Å². The predicted octanol–water partition coefficient (Wildman–Crippen LogP) is 1.55. The molecule has 4 nitrogen and oxygen atoms in total. The quantitative estimate of drug-likeness (QED) is 0.836. The van der Waals surface area contributed by atoms with Crippen molar-refractivity contribution >= 4 is 11.8 Å². The lowest BCUT2D eigenvalue weighted by molar-refractivity contribution is -0.143. The molecule has 0 bridgehead atoms. The molecule has 1 aliphatic carbocycles. The smallest absolute Gasteiger partial charge is 0.309 e. The van der Waals surface area contributed by atoms with Gasteiger partial charge >= 0.3 is 5.97 Å². The largest absolute Gasteiger partial charge is 0.481 e. The Labute approximate surface area is 94.9 Å². The van der Waals surface area contributed by atoms with Crippen molar-refractivity contribution in [3.8, 4) is 0 Å². The van der Waals surface area contributed by atoms with Gasteiger partial charge in [-0.25, -0.2) is 4.98 Å². The first-order valence-electron chi connectivity index (χ1n) is 5.40. The van der Waals surface area contributed by atoms with Crippen molar-refractivity contribution in [1.29, 1.82) is 0 Å². The Morgan fingerprint density at radius 3 is 2.75 bits per heavy atom. The summed E-state index contributed by atoms with van der Waals surface area (Å²) in [6, 6.07) is 3.83. The zero-order valence-electron chi connectivity index (χ0n) is 9.60. The van der Waals surface area contributed by atoms with Gasteiger partial charge in [-0.1, -0.05) is 6.07 Å². The van der Waals surface area contributed by atoms with Gasteiger partial charge in [0.2, 0.25) is 0 Å². The molecule has 86 valence electrons. The number of aliphatic carboxylic acids is 1. The van der Waals surface area contributed by atoms with Crippen LogP contribution in [-0.2, 0) is 11.2 Å². The van der Waals surface area contributed by atoms with Crippen molar-refractivity contribution in [2.24, 2.45) is 5.41 Å². The minimum atomic E-state index is -0.680. The zero-order chi connectivity index (χ0) is 11.8. The molecule has 0 aliphatic heterocycles. The van der Waals surface area contributed by atoms with Gasteiger partial charge in [0.25, 0.3) is 0 Å². The molecule has 2 rings (SSSR count). The maximum absolute atomic E-state index is 11.1. The first-order valence-corrected chi connectivity index (χ1v) is 5.40. The van der Waals surface area contributed by atoms with Crippen LogP contribution in [0.3, 0.4) is 0 Å². The molecule has 1 aromatic heterocycles. The Bertz CT molecular complexity index is 411. The summed E-state index contributed by atoms with van der Waals surface area (Å²) in [6.07, 6.45) is 3.89. The van der Waals surface area contributed by atoms with E-state index >= 15 is 0 Å². The molecule has 0 saturated heterocycles. The highest BCUT2D eigenvalue weighted by Crippen LogP contribution is 2.49. The highest BCUT2D eigenvalue weighted by molar-refractivity contribution is 5.78. The number of anilines is 1. The van der Waals surface area contributed by atoms with Crippen LogP contribution in [0, 0.1) is 5.41 Å². The number of hydrogen-bond donors (Lipinski definition) is 1. The molecule has 1 aromatic rings. The van der Waals surface area contributed by atoms with Crippen LogP contribution in [0.25, 0.3) is 0 Å². The van der Waals surface area contributed by atoms with E-state index in [1.165, 1.54) is 0 Å². The van der Waals surface area contributed by atoms with E-state index in [1.807, 2.05) is 31.1 Å². The number of carbonyl (C=O) groups is 1. The SMILES string of the molecule is CN(C)c1ncccc1CC1(C(=O)O)CC1. The highest BCUT2D eigenvalue weighted by Gasteiger charge is 2.50. The van der Waals surface area contributed by atoms with Crippen LogP contribution in [0.1, 0.15) is 18.4 Å². The fourth-order valence-electron chi connectivity index (χ4n) is 1.95. The van der Waals surface area contributed by atoms with E-state index in [9.17, 15) is 4.79 Å². The zero-order valence-corrected chi connectivity index (χ0v) is 9.60. The fourth-order valence-corrected chi connectivity index (χ4v) is 1.95. The van der Waals surface area contributed by atoms with E-state index < -0.39 is 11.4 Å². The van der Waals surface area contributed by atoms with Gasteiger partial charge in [-0.2, -0.15) is 0 Å². The number of carboxylic acid groups (broad SMARTS) is 1. The third-order valence-electron chi connectivity index (χ3n) is 3.13. The highest BCUT2D eigenvalue weighted by atomic mass is 16.4. The lowest BCUT2D eigenvalue weighted by Crippen LogP contribution is -2.20. The molecule has 0 radical (unpaired) electrons. The second-order valence-electron chi connectivity index (χ2n) is 4.64. The molecule has 4 heteroatoms. The molecule has 0 amide bonds. The van der Waals surface area contributed by atoms with Crippen molar-refractivity contribution in [3.63, 3.8) is 0 Å². The summed E-state index contributed by atoms with van der Waals surface area (Å²) in [4.78, 5) is 17.3. The van der Waals surface area contributed by atoms with Crippen LogP contribution in [0.4, 0.5) is 5.82 Å². The third-order valence-corrected chi connectivity index (χ3v) is 3.13. The van der Waals surface area contributed by atoms with Crippen molar-refractivity contribution < 1.29 is 9.90 Å². The van der Waals surface area contributed by atoms with Crippen LogP contribution >= 0.6 is 0 Å². The van der Waals surface area contributed by atoms with Crippen LogP contribution in [0.15, 0.2) is 18.3 Å². The van der Waals surface area contributed by atoms with Gasteiger partial charge in [0.1, 0.15) is 5.82 Å². The van der Waals surface area contributed by atoms with Crippen molar-refractivity contribution in [3.05, 3.63) is 23.9 Å². The van der Waals surface area contributed by atoms with Gasteiger partial charge in [-0.3, -0.25) is 4.79 Å². The predicted molar refractivity (Wildman–Crippen MR) is 61.6 cm³/mol. The molecular formula is C12H16N2O2. The van der Waals surface area contributed by atoms with E-state index in [-0.39, 0.29) is 0 Å². The average Bonchev–Trinajstić information content (AvgIpc) is 2.99. The molecule has 1 fully saturated rings. The number of nitrogens with zero attached hydrogens (tertiary/aromatic N) is 2. The second-order valence-corrected chi connectivity index (χ2v) is 4.64. The van der Waals surface area contributed by atoms with Crippen LogP contribution in [0.5, 0.6) is 0 Å². The van der Waals surface area contributed by atoms with E-state index in [4.69, 9.17) is 5.11 Å². The molecule has 1 N–H and O–H groups in total. The number of pyridine rings is 1. The Kier molecular flexibility index (Phi) is 2.58. The van der Waals surface area contributed by atoms with E-state index in [2.05, 4.69) is 4.98 Å². The summed E-state index contributed by atoms with van der Waals surface area (Å²) in [5.41, 5.74) is 0.501. The van der Waals surface area contributed by atoms with Crippen molar-refractivity contribution in [2.45, 2.75) is 19.3 Å². The minimum Gasteiger partial charge on any atom is -0.481 e. The standard InChI is InChI=1S/C12H16N2O2/c1-14(2)10-9(4-3-7-13-10)8-12(5-6-12)11(15)16/h3-4,7H,5-6,8H2,1-2H3,(H,15,16). The molecule has 0 atom stereocenters. The molecule has 16 heavy (non-hydrogen) atoms. The molecule has 1 heterocycles. The van der Waals surface area contributed by atoms with E-state index in [0.717, 1.165) is 24.2 Å². The summed E-state index contributed by atoms with van der Waals surface area (Å²) < 4.78 is 0. The Hall–Kier alpha value is -1.58. The van der Waals surface area contributed by atoms with Gasteiger partial charge < -0.3 is 10.0 Å². The maximum atomic E-state index is 11.1. The topological polar surface area (TPSA) is 53.4 Å². The van der Waals surface area contributed by atoms with Crippen LogP contribution in [0.2, 0.25) is 0 Å². The van der Waals surface area contributed by atoms with E-state index in [1.54, 1.807) is 6.20 Å². The van der Waals surface area contributed by atoms with Gasteiger partial charge in [-0.05, 0) is 30.9 Å². The van der Waals surface area contributed by atoms with Crippen LogP contribution in [-0.4, -0.2) is 30.2 Å². The number of hydrogen-bond acceptors (Lipinski definition) is 3. The molecular weight excluding hydrogens is 204 g/mol.